The Bertz CT molecular complexity index is 458. The summed E-state index contributed by atoms with van der Waals surface area (Å²) in [5, 5.41) is 3.21. The predicted molar refractivity (Wildman–Crippen MR) is 82.6 cm³/mol. The van der Waals surface area contributed by atoms with Gasteiger partial charge in [0.1, 0.15) is 0 Å². The van der Waals surface area contributed by atoms with Gasteiger partial charge < -0.3 is 11.1 Å². The summed E-state index contributed by atoms with van der Waals surface area (Å²) in [4.78, 5) is 12.4. The fourth-order valence-corrected chi connectivity index (χ4v) is 3.31. The van der Waals surface area contributed by atoms with Crippen LogP contribution in [0.1, 0.15) is 49.0 Å². The Kier molecular flexibility index (Phi) is 5.18. The van der Waals surface area contributed by atoms with Crippen molar-refractivity contribution in [2.45, 2.75) is 45.6 Å². The van der Waals surface area contributed by atoms with E-state index in [0.717, 1.165) is 29.9 Å². The maximum Gasteiger partial charge on any atom is 0.251 e. The summed E-state index contributed by atoms with van der Waals surface area (Å²) in [5.41, 5.74) is 7.45. The number of carbonyl (C=O) groups is 1. The van der Waals surface area contributed by atoms with Gasteiger partial charge in [-0.25, -0.2) is 0 Å². The third-order valence-corrected chi connectivity index (χ3v) is 4.69. The Morgan fingerprint density at radius 1 is 1.40 bits per heavy atom. The van der Waals surface area contributed by atoms with E-state index in [1.165, 1.54) is 12.8 Å². The van der Waals surface area contributed by atoms with E-state index in [1.807, 2.05) is 24.3 Å². The molecule has 0 spiro atoms. The lowest BCUT2D eigenvalue weighted by atomic mass is 9.93. The van der Waals surface area contributed by atoms with Crippen LogP contribution in [-0.2, 0) is 6.42 Å². The minimum atomic E-state index is 0.0532. The zero-order valence-electron chi connectivity index (χ0n) is 12.6. The van der Waals surface area contributed by atoms with E-state index in [0.29, 0.717) is 18.5 Å². The molecule has 1 aliphatic rings. The Morgan fingerprint density at radius 3 is 2.85 bits per heavy atom. The molecule has 2 rings (SSSR count). The van der Waals surface area contributed by atoms with Crippen molar-refractivity contribution in [3.63, 3.8) is 0 Å². The highest BCUT2D eigenvalue weighted by Crippen LogP contribution is 2.33. The van der Waals surface area contributed by atoms with Crippen LogP contribution in [0.5, 0.6) is 0 Å². The normalized spacial score (nSPS) is 25.6. The molecule has 110 valence electrons. The Hall–Kier alpha value is -1.35. The molecule has 1 aliphatic carbocycles. The number of rotatable bonds is 5. The number of hydrogen-bond acceptors (Lipinski definition) is 2. The highest BCUT2D eigenvalue weighted by molar-refractivity contribution is 5.94. The van der Waals surface area contributed by atoms with Gasteiger partial charge in [0.15, 0.2) is 0 Å². The molecule has 0 heterocycles. The van der Waals surface area contributed by atoms with Crippen molar-refractivity contribution in [1.29, 1.82) is 0 Å². The standard InChI is InChI=1S/C17H26N2O/c1-3-14-7-8-16(12(14)2)19-17(20)15-6-4-5-13(11-15)9-10-18/h4-6,11-12,14,16H,3,7-10,18H2,1-2H3,(H,19,20). The van der Waals surface area contributed by atoms with Gasteiger partial charge >= 0.3 is 0 Å². The lowest BCUT2D eigenvalue weighted by Crippen LogP contribution is -2.37. The van der Waals surface area contributed by atoms with E-state index in [1.54, 1.807) is 0 Å². The second-order valence-corrected chi connectivity index (χ2v) is 5.92. The number of nitrogens with one attached hydrogen (secondary N) is 1. The van der Waals surface area contributed by atoms with Gasteiger partial charge in [-0.1, -0.05) is 32.4 Å². The monoisotopic (exact) mass is 274 g/mol. The van der Waals surface area contributed by atoms with Crippen molar-refractivity contribution < 1.29 is 4.79 Å². The van der Waals surface area contributed by atoms with E-state index in [-0.39, 0.29) is 5.91 Å². The van der Waals surface area contributed by atoms with E-state index < -0.39 is 0 Å². The van der Waals surface area contributed by atoms with Crippen molar-refractivity contribution in [2.75, 3.05) is 6.54 Å². The molecule has 0 radical (unpaired) electrons. The maximum absolute atomic E-state index is 12.4. The molecule has 1 fully saturated rings. The molecule has 0 bridgehead atoms. The average Bonchev–Trinajstić information content (AvgIpc) is 2.80. The van der Waals surface area contributed by atoms with Crippen LogP contribution in [0.4, 0.5) is 0 Å². The van der Waals surface area contributed by atoms with Crippen molar-refractivity contribution in [3.8, 4) is 0 Å². The predicted octanol–water partition coefficient (Wildman–Crippen LogP) is 2.74. The number of carbonyl (C=O) groups excluding carboxylic acids is 1. The maximum atomic E-state index is 12.4. The summed E-state index contributed by atoms with van der Waals surface area (Å²) >= 11 is 0. The van der Waals surface area contributed by atoms with Crippen LogP contribution in [-0.4, -0.2) is 18.5 Å². The summed E-state index contributed by atoms with van der Waals surface area (Å²) in [6, 6.07) is 8.12. The smallest absolute Gasteiger partial charge is 0.251 e. The third kappa shape index (κ3) is 3.40. The quantitative estimate of drug-likeness (QED) is 0.867. The number of nitrogens with two attached hydrogens (primary N) is 1. The van der Waals surface area contributed by atoms with Crippen LogP contribution in [0.2, 0.25) is 0 Å². The molecule has 0 aliphatic heterocycles. The highest BCUT2D eigenvalue weighted by atomic mass is 16.1. The first-order valence-corrected chi connectivity index (χ1v) is 7.75. The Morgan fingerprint density at radius 2 is 2.20 bits per heavy atom. The molecule has 3 heteroatoms. The molecule has 3 N–H and O–H groups in total. The van der Waals surface area contributed by atoms with Crippen molar-refractivity contribution in [1.82, 2.24) is 5.32 Å². The molecule has 1 aromatic rings. The summed E-state index contributed by atoms with van der Waals surface area (Å²) < 4.78 is 0. The van der Waals surface area contributed by atoms with E-state index in [4.69, 9.17) is 5.73 Å². The highest BCUT2D eigenvalue weighted by Gasteiger charge is 2.32. The van der Waals surface area contributed by atoms with Gasteiger partial charge in [-0.2, -0.15) is 0 Å². The summed E-state index contributed by atoms with van der Waals surface area (Å²) in [7, 11) is 0. The lowest BCUT2D eigenvalue weighted by Gasteiger charge is -2.21. The topological polar surface area (TPSA) is 55.1 Å². The summed E-state index contributed by atoms with van der Waals surface area (Å²) in [5.74, 6) is 1.39. The average molecular weight is 274 g/mol. The fraction of sp³-hybridized carbons (Fsp3) is 0.588. The first kappa shape index (κ1) is 15.0. The van der Waals surface area contributed by atoms with Gasteiger partial charge in [0.2, 0.25) is 0 Å². The second-order valence-electron chi connectivity index (χ2n) is 5.92. The van der Waals surface area contributed by atoms with Crippen molar-refractivity contribution in [3.05, 3.63) is 35.4 Å². The van der Waals surface area contributed by atoms with E-state index in [9.17, 15) is 4.79 Å². The van der Waals surface area contributed by atoms with Crippen LogP contribution < -0.4 is 11.1 Å². The summed E-state index contributed by atoms with van der Waals surface area (Å²) in [6.45, 7) is 5.11. The van der Waals surface area contributed by atoms with E-state index in [2.05, 4.69) is 19.2 Å². The minimum Gasteiger partial charge on any atom is -0.349 e. The van der Waals surface area contributed by atoms with Gasteiger partial charge in [-0.3, -0.25) is 4.79 Å². The lowest BCUT2D eigenvalue weighted by molar-refractivity contribution is 0.0926. The number of hydrogen-bond donors (Lipinski definition) is 2. The molecule has 3 unspecified atom stereocenters. The zero-order valence-corrected chi connectivity index (χ0v) is 12.6. The minimum absolute atomic E-state index is 0.0532. The first-order chi connectivity index (χ1) is 9.65. The number of benzene rings is 1. The second kappa shape index (κ2) is 6.89. The molecule has 1 aromatic carbocycles. The molecule has 0 saturated heterocycles. The first-order valence-electron chi connectivity index (χ1n) is 7.75. The number of amides is 1. The van der Waals surface area contributed by atoms with Crippen LogP contribution in [0.25, 0.3) is 0 Å². The summed E-state index contributed by atoms with van der Waals surface area (Å²) in [6.07, 6.45) is 4.36. The third-order valence-electron chi connectivity index (χ3n) is 4.69. The van der Waals surface area contributed by atoms with E-state index >= 15 is 0 Å². The van der Waals surface area contributed by atoms with Gasteiger partial charge in [-0.05, 0) is 55.3 Å². The molecule has 1 saturated carbocycles. The van der Waals surface area contributed by atoms with Gasteiger partial charge in [0.25, 0.3) is 5.91 Å². The van der Waals surface area contributed by atoms with Crippen LogP contribution in [0, 0.1) is 11.8 Å². The van der Waals surface area contributed by atoms with Crippen LogP contribution in [0.3, 0.4) is 0 Å². The largest absolute Gasteiger partial charge is 0.349 e. The molecular formula is C17H26N2O. The molecule has 3 nitrogen and oxygen atoms in total. The molecular weight excluding hydrogens is 248 g/mol. The van der Waals surface area contributed by atoms with Gasteiger partial charge in [0.05, 0.1) is 0 Å². The molecule has 0 aromatic heterocycles. The molecule has 20 heavy (non-hydrogen) atoms. The van der Waals surface area contributed by atoms with Crippen molar-refractivity contribution >= 4 is 5.91 Å². The SMILES string of the molecule is CCC1CCC(NC(=O)c2cccc(CCN)c2)C1C. The van der Waals surface area contributed by atoms with Gasteiger partial charge in [-0.15, -0.1) is 0 Å². The molecule has 1 amide bonds. The van der Waals surface area contributed by atoms with Crippen LogP contribution >= 0.6 is 0 Å². The molecule has 3 atom stereocenters. The Balaban J connectivity index is 2.00. The van der Waals surface area contributed by atoms with Crippen LogP contribution in [0.15, 0.2) is 24.3 Å². The Labute approximate surface area is 121 Å². The van der Waals surface area contributed by atoms with Crippen molar-refractivity contribution in [2.24, 2.45) is 17.6 Å². The van der Waals surface area contributed by atoms with Gasteiger partial charge in [0, 0.05) is 11.6 Å². The fourth-order valence-electron chi connectivity index (χ4n) is 3.31. The zero-order chi connectivity index (χ0) is 14.5.